The number of amides is 2. The molecular weight excluding hydrogens is 494 g/mol. The molecule has 0 N–H and O–H groups in total. The molecule has 1 atom stereocenters. The molecule has 8 heteroatoms. The first kappa shape index (κ1) is 27.2. The molecule has 8 nitrogen and oxygen atoms in total. The monoisotopic (exact) mass is 533 g/mol. The summed E-state index contributed by atoms with van der Waals surface area (Å²) in [6.07, 6.45) is 4.25. The second kappa shape index (κ2) is 11.0. The van der Waals surface area contributed by atoms with Gasteiger partial charge in [-0.25, -0.2) is 4.79 Å². The van der Waals surface area contributed by atoms with Crippen molar-refractivity contribution in [2.24, 2.45) is 10.6 Å². The van der Waals surface area contributed by atoms with E-state index < -0.39 is 0 Å². The van der Waals surface area contributed by atoms with Crippen molar-refractivity contribution in [3.8, 4) is 16.9 Å². The van der Waals surface area contributed by atoms with Crippen molar-refractivity contribution in [2.75, 3.05) is 32.8 Å². The van der Waals surface area contributed by atoms with E-state index in [1.165, 1.54) is 5.56 Å². The van der Waals surface area contributed by atoms with Crippen LogP contribution in [0, 0.1) is 10.3 Å². The Balaban J connectivity index is 1.16. The van der Waals surface area contributed by atoms with E-state index in [9.17, 15) is 14.5 Å². The molecule has 3 aliphatic heterocycles. The lowest BCUT2D eigenvalue weighted by Crippen LogP contribution is -2.51. The van der Waals surface area contributed by atoms with Gasteiger partial charge in [0.2, 0.25) is 5.91 Å². The van der Waals surface area contributed by atoms with E-state index in [-0.39, 0.29) is 29.1 Å². The van der Waals surface area contributed by atoms with Crippen LogP contribution in [-0.2, 0) is 22.4 Å². The SMILES string of the molecule is CC(C)(C)COC(=O)N1CCC2(CCc3cc(-c4ccc(CC(=O)N5CCC(N=O)C5)cc4)ccc3O2)CC1. The van der Waals surface area contributed by atoms with E-state index in [0.717, 1.165) is 48.1 Å². The molecule has 2 fully saturated rings. The van der Waals surface area contributed by atoms with Gasteiger partial charge in [0.05, 0.1) is 13.0 Å². The van der Waals surface area contributed by atoms with Gasteiger partial charge in [0.15, 0.2) is 0 Å². The molecule has 0 bridgehead atoms. The molecule has 5 rings (SSSR count). The molecular formula is C31H39N3O5. The minimum atomic E-state index is -0.269. The van der Waals surface area contributed by atoms with Gasteiger partial charge in [0, 0.05) is 39.0 Å². The molecule has 0 aliphatic carbocycles. The summed E-state index contributed by atoms with van der Waals surface area (Å²) in [7, 11) is 0. The first-order valence-corrected chi connectivity index (χ1v) is 14.1. The molecule has 2 aromatic carbocycles. The Morgan fingerprint density at radius 1 is 1.00 bits per heavy atom. The molecule has 3 aliphatic rings. The fourth-order valence-corrected chi connectivity index (χ4v) is 5.67. The zero-order chi connectivity index (χ0) is 27.6. The molecule has 3 heterocycles. The van der Waals surface area contributed by atoms with Crippen molar-refractivity contribution in [1.29, 1.82) is 0 Å². The predicted octanol–water partition coefficient (Wildman–Crippen LogP) is 5.61. The lowest BCUT2D eigenvalue weighted by Gasteiger charge is -2.44. The van der Waals surface area contributed by atoms with Crippen LogP contribution in [0.4, 0.5) is 4.79 Å². The molecule has 1 unspecified atom stereocenters. The second-order valence-corrected chi connectivity index (χ2v) is 12.5. The number of hydrogen-bond donors (Lipinski definition) is 0. The largest absolute Gasteiger partial charge is 0.487 e. The maximum atomic E-state index is 12.6. The maximum Gasteiger partial charge on any atom is 0.409 e. The van der Waals surface area contributed by atoms with Gasteiger partial charge in [-0.05, 0) is 59.1 Å². The molecule has 208 valence electrons. The number of ether oxygens (including phenoxy) is 2. The van der Waals surface area contributed by atoms with Crippen molar-refractivity contribution in [2.45, 2.75) is 70.9 Å². The Hall–Kier alpha value is -3.42. The standard InChI is InChI=1S/C31H39N3O5/c1-30(2,3)21-38-29(36)33-16-13-31(14-17-33)12-10-25-19-24(8-9-27(25)39-31)23-6-4-22(5-7-23)18-28(35)34-15-11-26(20-34)32-37/h4-9,19,26H,10-18,20-21H2,1-3H3. The minimum Gasteiger partial charge on any atom is -0.487 e. The number of carbonyl (C=O) groups is 2. The summed E-state index contributed by atoms with van der Waals surface area (Å²) < 4.78 is 12.1. The zero-order valence-corrected chi connectivity index (χ0v) is 23.3. The van der Waals surface area contributed by atoms with E-state index in [2.05, 4.69) is 56.3 Å². The number of piperidine rings is 1. The number of benzene rings is 2. The van der Waals surface area contributed by atoms with Crippen molar-refractivity contribution in [3.63, 3.8) is 0 Å². The van der Waals surface area contributed by atoms with E-state index in [1.807, 2.05) is 12.1 Å². The van der Waals surface area contributed by atoms with Gasteiger partial charge >= 0.3 is 6.09 Å². The van der Waals surface area contributed by atoms with Gasteiger partial charge in [0.1, 0.15) is 17.4 Å². The van der Waals surface area contributed by atoms with Crippen molar-refractivity contribution in [1.82, 2.24) is 9.80 Å². The highest BCUT2D eigenvalue weighted by molar-refractivity contribution is 5.79. The quantitative estimate of drug-likeness (QED) is 0.467. The van der Waals surface area contributed by atoms with Gasteiger partial charge in [-0.2, -0.15) is 4.91 Å². The molecule has 39 heavy (non-hydrogen) atoms. The molecule has 1 spiro atoms. The first-order chi connectivity index (χ1) is 18.6. The number of hydrogen-bond acceptors (Lipinski definition) is 6. The van der Waals surface area contributed by atoms with Gasteiger partial charge < -0.3 is 19.3 Å². The third kappa shape index (κ3) is 6.43. The van der Waals surface area contributed by atoms with Crippen molar-refractivity contribution >= 4 is 12.0 Å². The summed E-state index contributed by atoms with van der Waals surface area (Å²) in [4.78, 5) is 39.3. The van der Waals surface area contributed by atoms with E-state index >= 15 is 0 Å². The number of likely N-dealkylation sites (tertiary alicyclic amines) is 2. The zero-order valence-electron chi connectivity index (χ0n) is 23.3. The molecule has 0 aromatic heterocycles. The first-order valence-electron chi connectivity index (χ1n) is 14.1. The highest BCUT2D eigenvalue weighted by Gasteiger charge is 2.41. The van der Waals surface area contributed by atoms with Crippen LogP contribution in [0.5, 0.6) is 5.75 Å². The Kier molecular flexibility index (Phi) is 7.65. The van der Waals surface area contributed by atoms with Crippen LogP contribution in [0.2, 0.25) is 0 Å². The summed E-state index contributed by atoms with van der Waals surface area (Å²) in [5.41, 5.74) is 4.13. The van der Waals surface area contributed by atoms with Gasteiger partial charge in [-0.15, -0.1) is 0 Å². The average molecular weight is 534 g/mol. The Morgan fingerprint density at radius 3 is 2.38 bits per heavy atom. The maximum absolute atomic E-state index is 12.6. The van der Waals surface area contributed by atoms with Gasteiger partial charge in [-0.1, -0.05) is 56.3 Å². The average Bonchev–Trinajstić information content (AvgIpc) is 3.42. The number of aryl methyl sites for hydroxylation is 1. The van der Waals surface area contributed by atoms with Crippen LogP contribution in [0.1, 0.15) is 57.6 Å². The van der Waals surface area contributed by atoms with Crippen molar-refractivity contribution in [3.05, 3.63) is 58.5 Å². The summed E-state index contributed by atoms with van der Waals surface area (Å²) in [5, 5.41) is 3.08. The molecule has 0 radical (unpaired) electrons. The molecule has 2 amide bonds. The minimum absolute atomic E-state index is 0.0430. The van der Waals surface area contributed by atoms with Gasteiger partial charge in [0.25, 0.3) is 0 Å². The van der Waals surface area contributed by atoms with E-state index in [0.29, 0.717) is 45.6 Å². The van der Waals surface area contributed by atoms with Crippen LogP contribution >= 0.6 is 0 Å². The summed E-state index contributed by atoms with van der Waals surface area (Å²) >= 11 is 0. The molecule has 2 saturated heterocycles. The second-order valence-electron chi connectivity index (χ2n) is 12.5. The number of carbonyl (C=O) groups excluding carboxylic acids is 2. The summed E-state index contributed by atoms with van der Waals surface area (Å²) in [5.74, 6) is 0.978. The number of nitroso groups, excluding NO2 is 1. The van der Waals surface area contributed by atoms with Gasteiger partial charge in [-0.3, -0.25) is 4.79 Å². The Labute approximate surface area is 230 Å². The third-order valence-electron chi connectivity index (χ3n) is 8.11. The predicted molar refractivity (Wildman–Crippen MR) is 150 cm³/mol. The normalized spacial score (nSPS) is 20.3. The Morgan fingerprint density at radius 2 is 1.72 bits per heavy atom. The van der Waals surface area contributed by atoms with E-state index in [1.54, 1.807) is 9.80 Å². The fourth-order valence-electron chi connectivity index (χ4n) is 5.67. The number of fused-ring (bicyclic) bond motifs is 1. The lowest BCUT2D eigenvalue weighted by molar-refractivity contribution is -0.129. The van der Waals surface area contributed by atoms with Crippen LogP contribution in [0.3, 0.4) is 0 Å². The molecule has 0 saturated carbocycles. The molecule has 2 aromatic rings. The Bertz CT molecular complexity index is 1210. The third-order valence-corrected chi connectivity index (χ3v) is 8.11. The smallest absolute Gasteiger partial charge is 0.409 e. The summed E-state index contributed by atoms with van der Waals surface area (Å²) in [6.45, 7) is 8.93. The number of rotatable bonds is 5. The summed E-state index contributed by atoms with van der Waals surface area (Å²) in [6, 6.07) is 14.2. The van der Waals surface area contributed by atoms with Crippen molar-refractivity contribution < 1.29 is 19.1 Å². The van der Waals surface area contributed by atoms with Crippen LogP contribution in [0.25, 0.3) is 11.1 Å². The van der Waals surface area contributed by atoms with Crippen LogP contribution in [0.15, 0.2) is 47.6 Å². The van der Waals surface area contributed by atoms with Crippen LogP contribution in [-0.4, -0.2) is 66.2 Å². The number of nitrogens with zero attached hydrogens (tertiary/aromatic N) is 3. The van der Waals surface area contributed by atoms with Crippen LogP contribution < -0.4 is 4.74 Å². The fraction of sp³-hybridized carbons (Fsp3) is 0.548. The highest BCUT2D eigenvalue weighted by Crippen LogP contribution is 2.41. The topological polar surface area (TPSA) is 88.5 Å². The van der Waals surface area contributed by atoms with E-state index in [4.69, 9.17) is 9.47 Å². The lowest BCUT2D eigenvalue weighted by atomic mass is 9.82. The highest BCUT2D eigenvalue weighted by atomic mass is 16.6.